The summed E-state index contributed by atoms with van der Waals surface area (Å²) in [5, 5.41) is 0.215. The molecule has 0 N–H and O–H groups in total. The van der Waals surface area contributed by atoms with Crippen LogP contribution in [0.1, 0.15) is 20.7 Å². The van der Waals surface area contributed by atoms with Crippen molar-refractivity contribution in [1.29, 1.82) is 0 Å². The van der Waals surface area contributed by atoms with Crippen LogP contribution in [-0.2, 0) is 14.3 Å². The Hall–Kier alpha value is -2.22. The van der Waals surface area contributed by atoms with E-state index in [2.05, 4.69) is 9.49 Å². The van der Waals surface area contributed by atoms with Crippen molar-refractivity contribution in [3.05, 3.63) is 35.4 Å². The van der Waals surface area contributed by atoms with Crippen LogP contribution >= 0.6 is 0 Å². The minimum atomic E-state index is -2.53. The summed E-state index contributed by atoms with van der Waals surface area (Å²) >= 11 is 0. The molecule has 1 aliphatic heterocycles. The van der Waals surface area contributed by atoms with Crippen LogP contribution < -0.4 is 0 Å². The maximum atomic E-state index is 13.2. The fourth-order valence-electron chi connectivity index (χ4n) is 1.49. The quantitative estimate of drug-likeness (QED) is 0.539. The number of benzene rings is 1. The number of hydrogen-bond acceptors (Lipinski definition) is 5. The first-order valence-corrected chi connectivity index (χ1v) is 4.92. The molecular formula is C10H7BFNO5. The van der Waals surface area contributed by atoms with E-state index in [9.17, 15) is 18.8 Å². The molecule has 1 atom stereocenters. The third kappa shape index (κ3) is 1.86. The van der Waals surface area contributed by atoms with Crippen LogP contribution in [0.4, 0.5) is 4.39 Å². The number of hydroxylamine groups is 2. The summed E-state index contributed by atoms with van der Waals surface area (Å²) in [4.78, 5) is 38.6. The second-order valence-corrected chi connectivity index (χ2v) is 3.39. The molecule has 92 valence electrons. The van der Waals surface area contributed by atoms with Crippen LogP contribution in [0, 0.1) is 0 Å². The topological polar surface area (TPSA) is 72.9 Å². The van der Waals surface area contributed by atoms with E-state index >= 15 is 0 Å². The van der Waals surface area contributed by atoms with Crippen LogP contribution in [-0.4, -0.2) is 37.3 Å². The van der Waals surface area contributed by atoms with Crippen molar-refractivity contribution < 1.29 is 28.3 Å². The van der Waals surface area contributed by atoms with E-state index in [1.807, 2.05) is 0 Å². The molecule has 1 aliphatic rings. The van der Waals surface area contributed by atoms with Gasteiger partial charge in [0.2, 0.25) is 0 Å². The summed E-state index contributed by atoms with van der Waals surface area (Å²) in [5.41, 5.74) is 0.194. The summed E-state index contributed by atoms with van der Waals surface area (Å²) in [5.74, 6) is -2.96. The van der Waals surface area contributed by atoms with Crippen molar-refractivity contribution >= 4 is 25.8 Å². The van der Waals surface area contributed by atoms with Gasteiger partial charge in [0.05, 0.1) is 11.1 Å². The predicted octanol–water partition coefficient (Wildman–Crippen LogP) is -0.399. The summed E-state index contributed by atoms with van der Waals surface area (Å²) < 4.78 is 17.3. The summed E-state index contributed by atoms with van der Waals surface area (Å²) in [6, 6.07) is 5.93. The number of halogens is 1. The highest BCUT2D eigenvalue weighted by Crippen LogP contribution is 2.23. The number of amides is 2. The minimum Gasteiger partial charge on any atom is -0.539 e. The fourth-order valence-corrected chi connectivity index (χ4v) is 1.49. The van der Waals surface area contributed by atoms with Crippen LogP contribution in [0.25, 0.3) is 0 Å². The molecule has 0 aliphatic carbocycles. The molecule has 18 heavy (non-hydrogen) atoms. The molecule has 0 bridgehead atoms. The molecule has 6 nitrogen and oxygen atoms in total. The molecule has 2 rings (SSSR count). The summed E-state index contributed by atoms with van der Waals surface area (Å²) in [6.07, 6.45) is -2.53. The van der Waals surface area contributed by atoms with Gasteiger partial charge < -0.3 is 4.65 Å². The third-order valence-corrected chi connectivity index (χ3v) is 2.34. The number of imide groups is 1. The van der Waals surface area contributed by atoms with Crippen molar-refractivity contribution in [3.8, 4) is 0 Å². The van der Waals surface area contributed by atoms with Crippen molar-refractivity contribution in [1.82, 2.24) is 5.06 Å². The number of rotatable bonds is 3. The monoisotopic (exact) mass is 251 g/mol. The van der Waals surface area contributed by atoms with E-state index in [4.69, 9.17) is 0 Å². The zero-order chi connectivity index (χ0) is 13.3. The van der Waals surface area contributed by atoms with Gasteiger partial charge in [0.25, 0.3) is 11.8 Å². The highest BCUT2D eigenvalue weighted by molar-refractivity contribution is 6.20. The maximum absolute atomic E-state index is 13.2. The predicted molar refractivity (Wildman–Crippen MR) is 57.6 cm³/mol. The Bertz CT molecular complexity index is 500. The van der Waals surface area contributed by atoms with E-state index in [0.717, 1.165) is 8.05 Å². The van der Waals surface area contributed by atoms with Crippen LogP contribution in [0.2, 0.25) is 0 Å². The van der Waals surface area contributed by atoms with Gasteiger partial charge in [-0.05, 0) is 12.1 Å². The lowest BCUT2D eigenvalue weighted by atomic mass is 10.1. The second kappa shape index (κ2) is 4.57. The first-order valence-electron chi connectivity index (χ1n) is 4.92. The Morgan fingerprint density at radius 1 is 1.22 bits per heavy atom. The van der Waals surface area contributed by atoms with Gasteiger partial charge in [-0.1, -0.05) is 12.1 Å². The Balaban J connectivity index is 2.21. The SMILES string of the molecule is BOC(=O)C(F)ON1C(=O)c2ccccc2C1=O. The third-order valence-electron chi connectivity index (χ3n) is 2.34. The number of carbonyl (C=O) groups excluding carboxylic acids is 3. The Morgan fingerprint density at radius 3 is 2.17 bits per heavy atom. The van der Waals surface area contributed by atoms with E-state index in [0.29, 0.717) is 0 Å². The Labute approximate surface area is 102 Å². The zero-order valence-corrected chi connectivity index (χ0v) is 9.25. The molecule has 0 fully saturated rings. The molecule has 0 aromatic heterocycles. The molecule has 1 aromatic rings. The molecule has 0 radical (unpaired) electrons. The smallest absolute Gasteiger partial charge is 0.353 e. The van der Waals surface area contributed by atoms with E-state index in [1.54, 1.807) is 12.1 Å². The second-order valence-electron chi connectivity index (χ2n) is 3.39. The van der Waals surface area contributed by atoms with Gasteiger partial charge in [0.1, 0.15) is 0 Å². The fraction of sp³-hybridized carbons (Fsp3) is 0.100. The number of hydrogen-bond donors (Lipinski definition) is 0. The standard InChI is InChI=1S/C10H7BFNO5/c11-17-10(16)7(12)18-13-8(14)5-3-1-2-4-6(5)9(13)15/h1-4,7H,11H2. The van der Waals surface area contributed by atoms with Crippen LogP contribution in [0.3, 0.4) is 0 Å². The molecular weight excluding hydrogens is 244 g/mol. The number of nitrogens with zero attached hydrogens (tertiary/aromatic N) is 1. The van der Waals surface area contributed by atoms with Crippen molar-refractivity contribution in [2.75, 3.05) is 0 Å². The largest absolute Gasteiger partial charge is 0.539 e. The highest BCUT2D eigenvalue weighted by Gasteiger charge is 2.39. The Kier molecular flexibility index (Phi) is 3.11. The van der Waals surface area contributed by atoms with Crippen molar-refractivity contribution in [3.63, 3.8) is 0 Å². The average Bonchev–Trinajstić information content (AvgIpc) is 2.63. The van der Waals surface area contributed by atoms with E-state index in [1.165, 1.54) is 12.1 Å². The highest BCUT2D eigenvalue weighted by atomic mass is 19.1. The number of fused-ring (bicyclic) bond motifs is 1. The minimum absolute atomic E-state index is 0.0968. The normalized spacial score (nSPS) is 15.5. The van der Waals surface area contributed by atoms with Crippen molar-refractivity contribution in [2.24, 2.45) is 0 Å². The summed E-state index contributed by atoms with van der Waals surface area (Å²) in [7, 11) is 0.959. The van der Waals surface area contributed by atoms with Gasteiger partial charge in [0, 0.05) is 0 Å². The number of alkyl halides is 1. The molecule has 0 spiro atoms. The Morgan fingerprint density at radius 2 is 1.72 bits per heavy atom. The number of carbonyl (C=O) groups is 3. The summed E-state index contributed by atoms with van der Waals surface area (Å²) in [6.45, 7) is 0. The lowest BCUT2D eigenvalue weighted by Gasteiger charge is -2.15. The molecule has 0 saturated heterocycles. The van der Waals surface area contributed by atoms with Gasteiger partial charge in [0.15, 0.2) is 0 Å². The van der Waals surface area contributed by atoms with E-state index < -0.39 is 24.1 Å². The molecule has 1 heterocycles. The van der Waals surface area contributed by atoms with Gasteiger partial charge in [-0.15, -0.1) is 5.06 Å². The maximum Gasteiger partial charge on any atom is 0.353 e. The van der Waals surface area contributed by atoms with Crippen LogP contribution in [0.5, 0.6) is 0 Å². The molecule has 0 saturated carbocycles. The van der Waals surface area contributed by atoms with Gasteiger partial charge in [-0.25, -0.2) is 14.0 Å². The zero-order valence-electron chi connectivity index (χ0n) is 9.25. The molecule has 1 aromatic carbocycles. The van der Waals surface area contributed by atoms with Gasteiger partial charge in [-0.2, -0.15) is 0 Å². The average molecular weight is 251 g/mol. The van der Waals surface area contributed by atoms with Crippen molar-refractivity contribution in [2.45, 2.75) is 6.36 Å². The van der Waals surface area contributed by atoms with E-state index in [-0.39, 0.29) is 16.2 Å². The first kappa shape index (κ1) is 12.2. The first-order chi connectivity index (χ1) is 8.56. The lowest BCUT2D eigenvalue weighted by molar-refractivity contribution is -0.198. The molecule has 8 heteroatoms. The molecule has 2 amide bonds. The van der Waals surface area contributed by atoms with Gasteiger partial charge in [-0.3, -0.25) is 9.59 Å². The molecule has 1 unspecified atom stereocenters. The van der Waals surface area contributed by atoms with Crippen LogP contribution in [0.15, 0.2) is 24.3 Å². The lowest BCUT2D eigenvalue weighted by Crippen LogP contribution is -2.36. The van der Waals surface area contributed by atoms with Gasteiger partial charge >= 0.3 is 20.4 Å².